The van der Waals surface area contributed by atoms with Gasteiger partial charge in [-0.05, 0) is 24.6 Å². The minimum atomic E-state index is -0.656. The highest BCUT2D eigenvalue weighted by molar-refractivity contribution is 7.22. The van der Waals surface area contributed by atoms with Crippen LogP contribution in [-0.2, 0) is 4.74 Å². The first-order chi connectivity index (χ1) is 10.5. The highest BCUT2D eigenvalue weighted by Gasteiger charge is 2.19. The van der Waals surface area contributed by atoms with E-state index in [9.17, 15) is 9.59 Å². The number of hydrogen-bond acceptors (Lipinski definition) is 4. The van der Waals surface area contributed by atoms with Crippen LogP contribution in [0.1, 0.15) is 15.9 Å². The summed E-state index contributed by atoms with van der Waals surface area (Å²) in [4.78, 5) is 25.0. The molecule has 0 unspecified atom stereocenters. The highest BCUT2D eigenvalue weighted by atomic mass is 35.5. The molecular formula is C16H12ClNO3S. The first-order valence-electron chi connectivity index (χ1n) is 6.52. The molecule has 0 fully saturated rings. The molecule has 2 heterocycles. The molecule has 0 amide bonds. The molecule has 112 valence electrons. The molecule has 0 aliphatic heterocycles. The lowest BCUT2D eigenvalue weighted by Gasteiger charge is -2.12. The van der Waals surface area contributed by atoms with Crippen molar-refractivity contribution < 1.29 is 9.53 Å². The molecule has 0 radical (unpaired) electrons. The lowest BCUT2D eigenvalue weighted by Crippen LogP contribution is -2.19. The van der Waals surface area contributed by atoms with Gasteiger partial charge in [-0.1, -0.05) is 29.8 Å². The Labute approximate surface area is 135 Å². The lowest BCUT2D eigenvalue weighted by atomic mass is 10.1. The summed E-state index contributed by atoms with van der Waals surface area (Å²) in [6, 6.07) is 9.31. The minimum Gasteiger partial charge on any atom is -0.465 e. The number of aromatic nitrogens is 1. The number of pyridine rings is 1. The van der Waals surface area contributed by atoms with E-state index >= 15 is 0 Å². The monoisotopic (exact) mass is 333 g/mol. The van der Waals surface area contributed by atoms with Crippen molar-refractivity contribution in [3.8, 4) is 5.69 Å². The summed E-state index contributed by atoms with van der Waals surface area (Å²) in [6.07, 6.45) is 1.52. The highest BCUT2D eigenvalue weighted by Crippen LogP contribution is 2.30. The second-order valence-electron chi connectivity index (χ2n) is 4.79. The fourth-order valence-corrected chi connectivity index (χ4v) is 3.55. The van der Waals surface area contributed by atoms with Crippen molar-refractivity contribution in [2.75, 3.05) is 7.11 Å². The average molecular weight is 334 g/mol. The molecule has 6 heteroatoms. The number of carbonyl (C=O) groups is 1. The van der Waals surface area contributed by atoms with E-state index in [1.807, 2.05) is 35.8 Å². The van der Waals surface area contributed by atoms with Crippen LogP contribution in [0.3, 0.4) is 0 Å². The Balaban J connectivity index is 2.44. The molecule has 3 aromatic rings. The van der Waals surface area contributed by atoms with E-state index in [0.29, 0.717) is 14.6 Å². The molecular weight excluding hydrogens is 322 g/mol. The van der Waals surface area contributed by atoms with E-state index < -0.39 is 5.97 Å². The maximum Gasteiger partial charge on any atom is 0.343 e. The number of nitrogens with zero attached hydrogens (tertiary/aromatic N) is 1. The van der Waals surface area contributed by atoms with Crippen molar-refractivity contribution in [2.45, 2.75) is 6.92 Å². The minimum absolute atomic E-state index is 0.00674. The van der Waals surface area contributed by atoms with Crippen molar-refractivity contribution in [3.05, 3.63) is 62.2 Å². The topological polar surface area (TPSA) is 48.3 Å². The second kappa shape index (κ2) is 5.59. The number of para-hydroxylation sites is 1. The van der Waals surface area contributed by atoms with Crippen LogP contribution in [0.5, 0.6) is 0 Å². The molecule has 4 nitrogen and oxygen atoms in total. The van der Waals surface area contributed by atoms with E-state index in [1.165, 1.54) is 24.6 Å². The van der Waals surface area contributed by atoms with E-state index in [0.717, 1.165) is 11.3 Å². The SMILES string of the molecule is COC(=O)c1cn(-c2ccccc2C)c2sc(Cl)cc2c1=O. The van der Waals surface area contributed by atoms with Crippen molar-refractivity contribution in [2.24, 2.45) is 0 Å². The summed E-state index contributed by atoms with van der Waals surface area (Å²) < 4.78 is 7.02. The summed E-state index contributed by atoms with van der Waals surface area (Å²) in [7, 11) is 1.25. The van der Waals surface area contributed by atoms with Crippen molar-refractivity contribution in [1.82, 2.24) is 4.57 Å². The summed E-state index contributed by atoms with van der Waals surface area (Å²) in [6.45, 7) is 1.96. The first-order valence-corrected chi connectivity index (χ1v) is 7.71. The number of rotatable bonds is 2. The molecule has 0 aliphatic carbocycles. The normalized spacial score (nSPS) is 10.9. The van der Waals surface area contributed by atoms with Gasteiger partial charge in [-0.25, -0.2) is 4.79 Å². The molecule has 0 saturated carbocycles. The summed E-state index contributed by atoms with van der Waals surface area (Å²) in [5, 5.41) is 0.418. The van der Waals surface area contributed by atoms with E-state index in [2.05, 4.69) is 0 Å². The number of esters is 1. The van der Waals surface area contributed by atoms with Crippen LogP contribution in [-0.4, -0.2) is 17.6 Å². The van der Waals surface area contributed by atoms with Gasteiger partial charge < -0.3 is 9.30 Å². The van der Waals surface area contributed by atoms with Crippen LogP contribution in [0.4, 0.5) is 0 Å². The lowest BCUT2D eigenvalue weighted by molar-refractivity contribution is 0.0599. The number of benzene rings is 1. The first kappa shape index (κ1) is 14.8. The van der Waals surface area contributed by atoms with Gasteiger partial charge >= 0.3 is 5.97 Å². The van der Waals surface area contributed by atoms with E-state index in [4.69, 9.17) is 16.3 Å². The van der Waals surface area contributed by atoms with Crippen molar-refractivity contribution >= 4 is 39.1 Å². The molecule has 0 bridgehead atoms. The van der Waals surface area contributed by atoms with E-state index in [-0.39, 0.29) is 11.0 Å². The molecule has 0 aliphatic rings. The van der Waals surface area contributed by atoms with Gasteiger partial charge in [0.15, 0.2) is 0 Å². The zero-order valence-electron chi connectivity index (χ0n) is 11.9. The van der Waals surface area contributed by atoms with Crippen LogP contribution in [0.15, 0.2) is 41.3 Å². The Bertz CT molecular complexity index is 942. The molecule has 3 rings (SSSR count). The number of hydrogen-bond donors (Lipinski definition) is 0. The smallest absolute Gasteiger partial charge is 0.343 e. The summed E-state index contributed by atoms with van der Waals surface area (Å²) in [5.74, 6) is -0.656. The van der Waals surface area contributed by atoms with Gasteiger partial charge in [0, 0.05) is 11.9 Å². The van der Waals surface area contributed by atoms with Crippen LogP contribution in [0, 0.1) is 6.92 Å². The standard InChI is InChI=1S/C16H12ClNO3S/c1-9-5-3-4-6-12(9)18-8-11(16(20)21-2)14(19)10-7-13(17)22-15(10)18/h3-8H,1-2H3. The number of methoxy groups -OCH3 is 1. The Morgan fingerprint density at radius 2 is 2.05 bits per heavy atom. The fraction of sp³-hybridized carbons (Fsp3) is 0.125. The number of aryl methyl sites for hydroxylation is 1. The van der Waals surface area contributed by atoms with E-state index in [1.54, 1.807) is 6.07 Å². The number of halogens is 1. The quantitative estimate of drug-likeness (QED) is 0.670. The summed E-state index contributed by atoms with van der Waals surface area (Å²) in [5.41, 5.74) is 1.53. The average Bonchev–Trinajstić information content (AvgIpc) is 2.90. The zero-order chi connectivity index (χ0) is 15.9. The number of ether oxygens (including phenoxy) is 1. The third-order valence-electron chi connectivity index (χ3n) is 3.43. The third-order valence-corrected chi connectivity index (χ3v) is 4.69. The van der Waals surface area contributed by atoms with Crippen molar-refractivity contribution in [3.63, 3.8) is 0 Å². The van der Waals surface area contributed by atoms with Crippen LogP contribution in [0.2, 0.25) is 4.34 Å². The molecule has 1 aromatic carbocycles. The maximum atomic E-state index is 12.4. The fourth-order valence-electron chi connectivity index (χ4n) is 2.35. The molecule has 0 N–H and O–H groups in total. The van der Waals surface area contributed by atoms with Crippen LogP contribution in [0.25, 0.3) is 15.9 Å². The molecule has 2 aromatic heterocycles. The Morgan fingerprint density at radius 3 is 2.73 bits per heavy atom. The predicted molar refractivity (Wildman–Crippen MR) is 88.5 cm³/mol. The molecule has 0 spiro atoms. The number of fused-ring (bicyclic) bond motifs is 1. The summed E-state index contributed by atoms with van der Waals surface area (Å²) >= 11 is 7.37. The Hall–Kier alpha value is -2.11. The molecule has 0 atom stereocenters. The Morgan fingerprint density at radius 1 is 1.32 bits per heavy atom. The van der Waals surface area contributed by atoms with Gasteiger partial charge in [-0.15, -0.1) is 11.3 Å². The van der Waals surface area contributed by atoms with Gasteiger partial charge in [0.1, 0.15) is 10.4 Å². The van der Waals surface area contributed by atoms with Gasteiger partial charge in [0.2, 0.25) is 5.43 Å². The second-order valence-corrected chi connectivity index (χ2v) is 6.45. The van der Waals surface area contributed by atoms with Gasteiger partial charge in [0.25, 0.3) is 0 Å². The zero-order valence-corrected chi connectivity index (χ0v) is 13.5. The van der Waals surface area contributed by atoms with Crippen LogP contribution < -0.4 is 5.43 Å². The van der Waals surface area contributed by atoms with Gasteiger partial charge in [-0.3, -0.25) is 4.79 Å². The predicted octanol–water partition coefficient (Wildman–Crippen LogP) is 3.80. The Kier molecular flexibility index (Phi) is 3.76. The third kappa shape index (κ3) is 2.32. The number of thiophene rings is 1. The maximum absolute atomic E-state index is 12.4. The largest absolute Gasteiger partial charge is 0.465 e. The number of carbonyl (C=O) groups excluding carboxylic acids is 1. The van der Waals surface area contributed by atoms with Gasteiger partial charge in [-0.2, -0.15) is 0 Å². The molecule has 0 saturated heterocycles. The van der Waals surface area contributed by atoms with Gasteiger partial charge in [0.05, 0.1) is 16.8 Å². The van der Waals surface area contributed by atoms with Crippen LogP contribution >= 0.6 is 22.9 Å². The van der Waals surface area contributed by atoms with Crippen molar-refractivity contribution in [1.29, 1.82) is 0 Å². The molecule has 22 heavy (non-hydrogen) atoms.